The van der Waals surface area contributed by atoms with Crippen molar-refractivity contribution >= 4 is 17.9 Å². The van der Waals surface area contributed by atoms with E-state index in [0.29, 0.717) is 23.5 Å². The van der Waals surface area contributed by atoms with Gasteiger partial charge in [-0.1, -0.05) is 24.3 Å². The number of halogens is 1. The molecule has 2 aromatic rings. The fourth-order valence-corrected chi connectivity index (χ4v) is 2.77. The van der Waals surface area contributed by atoms with Crippen molar-refractivity contribution in [3.63, 3.8) is 0 Å². The third-order valence-electron chi connectivity index (χ3n) is 4.45. The Morgan fingerprint density at radius 2 is 1.71 bits per heavy atom. The summed E-state index contributed by atoms with van der Waals surface area (Å²) in [4.78, 5) is 25.3. The molecule has 0 aliphatic carbocycles. The summed E-state index contributed by atoms with van der Waals surface area (Å²) in [6.45, 7) is 1.90. The molecule has 0 aromatic heterocycles. The largest absolute Gasteiger partial charge is 0.489 e. The van der Waals surface area contributed by atoms with Gasteiger partial charge in [0.25, 0.3) is 11.8 Å². The Morgan fingerprint density at radius 1 is 1.07 bits per heavy atom. The number of amides is 2. The lowest BCUT2D eigenvalue weighted by Gasteiger charge is -2.23. The molecule has 2 amide bonds. The van der Waals surface area contributed by atoms with Crippen LogP contribution in [-0.2, 0) is 16.2 Å². The maximum absolute atomic E-state index is 12.9. The average molecular weight is 376 g/mol. The second-order valence-corrected chi connectivity index (χ2v) is 6.32. The Morgan fingerprint density at radius 3 is 2.32 bits per heavy atom. The van der Waals surface area contributed by atoms with Crippen molar-refractivity contribution in [3.05, 3.63) is 82.2 Å². The molecule has 3 rings (SSSR count). The smallest absolute Gasteiger partial charge is 0.271 e. The van der Waals surface area contributed by atoms with Crippen LogP contribution >= 0.6 is 0 Å². The van der Waals surface area contributed by atoms with E-state index in [1.807, 2.05) is 6.07 Å². The Balaban J connectivity index is 1.78. The van der Waals surface area contributed by atoms with Gasteiger partial charge in [-0.2, -0.15) is 5.26 Å². The van der Waals surface area contributed by atoms with E-state index < -0.39 is 11.8 Å². The van der Waals surface area contributed by atoms with E-state index in [1.54, 1.807) is 49.4 Å². The predicted molar refractivity (Wildman–Crippen MR) is 101 cm³/mol. The molecule has 5 nitrogen and oxygen atoms in total. The highest BCUT2D eigenvalue weighted by atomic mass is 19.1. The third-order valence-corrected chi connectivity index (χ3v) is 4.45. The highest BCUT2D eigenvalue weighted by Crippen LogP contribution is 2.26. The van der Waals surface area contributed by atoms with Gasteiger partial charge < -0.3 is 4.74 Å². The van der Waals surface area contributed by atoms with Crippen LogP contribution in [0.4, 0.5) is 4.39 Å². The van der Waals surface area contributed by atoms with Crippen molar-refractivity contribution in [1.82, 2.24) is 4.90 Å². The number of carbonyl (C=O) groups excluding carboxylic acids is 2. The standard InChI is InChI=1S/C22H17FN2O3/c1-14-19(21(26)25(2)22(27)20(14)12-24)11-15-5-9-18(10-6-15)28-13-16-3-7-17(23)8-4-16/h3-11H,13H2,1-2H3/b19-11+. The highest BCUT2D eigenvalue weighted by Gasteiger charge is 2.32. The maximum atomic E-state index is 12.9. The summed E-state index contributed by atoms with van der Waals surface area (Å²) in [5.41, 5.74) is 2.22. The molecule has 28 heavy (non-hydrogen) atoms. The molecular formula is C22H17FN2O3. The monoisotopic (exact) mass is 376 g/mol. The van der Waals surface area contributed by atoms with Gasteiger partial charge in [0.1, 0.15) is 29.8 Å². The molecule has 1 aliphatic rings. The van der Waals surface area contributed by atoms with Crippen molar-refractivity contribution in [2.24, 2.45) is 0 Å². The van der Waals surface area contributed by atoms with Crippen LogP contribution in [0.15, 0.2) is 65.3 Å². The molecular weight excluding hydrogens is 359 g/mol. The highest BCUT2D eigenvalue weighted by molar-refractivity contribution is 6.19. The summed E-state index contributed by atoms with van der Waals surface area (Å²) in [7, 11) is 1.36. The van der Waals surface area contributed by atoms with E-state index in [-0.39, 0.29) is 11.4 Å². The molecule has 0 saturated heterocycles. The number of hydrogen-bond acceptors (Lipinski definition) is 4. The van der Waals surface area contributed by atoms with Crippen LogP contribution in [0, 0.1) is 17.1 Å². The van der Waals surface area contributed by atoms with Gasteiger partial charge in [0.15, 0.2) is 0 Å². The molecule has 0 N–H and O–H groups in total. The van der Waals surface area contributed by atoms with Gasteiger partial charge in [-0.15, -0.1) is 0 Å². The fourth-order valence-electron chi connectivity index (χ4n) is 2.77. The Kier molecular flexibility index (Phi) is 5.37. The van der Waals surface area contributed by atoms with Crippen molar-refractivity contribution < 1.29 is 18.7 Å². The van der Waals surface area contributed by atoms with Crippen molar-refractivity contribution in [2.45, 2.75) is 13.5 Å². The summed E-state index contributed by atoms with van der Waals surface area (Å²) in [5.74, 6) is -0.710. The van der Waals surface area contributed by atoms with Crippen LogP contribution in [-0.4, -0.2) is 23.8 Å². The molecule has 6 heteroatoms. The van der Waals surface area contributed by atoms with E-state index in [9.17, 15) is 19.2 Å². The first-order valence-electron chi connectivity index (χ1n) is 8.53. The molecule has 0 fully saturated rings. The Labute approximate surface area is 162 Å². The van der Waals surface area contributed by atoms with E-state index in [0.717, 1.165) is 16.0 Å². The molecule has 2 aromatic carbocycles. The summed E-state index contributed by atoms with van der Waals surface area (Å²) in [6, 6.07) is 15.0. The number of hydrogen-bond donors (Lipinski definition) is 0. The fraction of sp³-hybridized carbons (Fsp3) is 0.136. The first kappa shape index (κ1) is 19.1. The van der Waals surface area contributed by atoms with Crippen LogP contribution in [0.3, 0.4) is 0 Å². The molecule has 140 valence electrons. The lowest BCUT2D eigenvalue weighted by atomic mass is 9.94. The molecule has 0 bridgehead atoms. The van der Waals surface area contributed by atoms with E-state index >= 15 is 0 Å². The lowest BCUT2D eigenvalue weighted by Crippen LogP contribution is -2.39. The summed E-state index contributed by atoms with van der Waals surface area (Å²) < 4.78 is 18.6. The van der Waals surface area contributed by atoms with Crippen LogP contribution in [0.2, 0.25) is 0 Å². The predicted octanol–water partition coefficient (Wildman–Crippen LogP) is 3.63. The summed E-state index contributed by atoms with van der Waals surface area (Å²) >= 11 is 0. The SMILES string of the molecule is CC1=C(C#N)C(=O)N(C)C(=O)/C1=C/c1ccc(OCc2ccc(F)cc2)cc1. The van der Waals surface area contributed by atoms with Gasteiger partial charge in [-0.05, 0) is 54.0 Å². The van der Waals surface area contributed by atoms with Gasteiger partial charge in [-0.3, -0.25) is 14.5 Å². The Hall–Kier alpha value is -3.72. The molecule has 0 saturated carbocycles. The van der Waals surface area contributed by atoms with Crippen molar-refractivity contribution in [2.75, 3.05) is 7.05 Å². The molecule has 1 heterocycles. The maximum Gasteiger partial charge on any atom is 0.271 e. The normalized spacial score (nSPS) is 15.8. The van der Waals surface area contributed by atoms with Gasteiger partial charge in [-0.25, -0.2) is 4.39 Å². The first-order chi connectivity index (χ1) is 13.4. The summed E-state index contributed by atoms with van der Waals surface area (Å²) in [5, 5.41) is 9.19. The average Bonchev–Trinajstić information content (AvgIpc) is 2.70. The minimum Gasteiger partial charge on any atom is -0.489 e. The number of carbonyl (C=O) groups is 2. The third kappa shape index (κ3) is 3.84. The zero-order valence-corrected chi connectivity index (χ0v) is 15.4. The molecule has 0 unspecified atom stereocenters. The second-order valence-electron chi connectivity index (χ2n) is 6.32. The molecule has 0 spiro atoms. The molecule has 0 atom stereocenters. The Bertz CT molecular complexity index is 1030. The quantitative estimate of drug-likeness (QED) is 0.604. The van der Waals surface area contributed by atoms with Gasteiger partial charge in [0, 0.05) is 12.6 Å². The van der Waals surface area contributed by atoms with Crippen molar-refractivity contribution in [3.8, 4) is 11.8 Å². The van der Waals surface area contributed by atoms with E-state index in [2.05, 4.69) is 0 Å². The van der Waals surface area contributed by atoms with E-state index in [1.165, 1.54) is 19.2 Å². The van der Waals surface area contributed by atoms with Gasteiger partial charge in [0.2, 0.25) is 0 Å². The second kappa shape index (κ2) is 7.89. The van der Waals surface area contributed by atoms with Crippen LogP contribution in [0.1, 0.15) is 18.1 Å². The molecule has 0 radical (unpaired) electrons. The molecule has 1 aliphatic heterocycles. The number of nitrogens with zero attached hydrogens (tertiary/aromatic N) is 2. The minimum absolute atomic E-state index is 0.0346. The number of nitriles is 1. The van der Waals surface area contributed by atoms with Gasteiger partial charge in [0.05, 0.1) is 0 Å². The topological polar surface area (TPSA) is 70.4 Å². The zero-order chi connectivity index (χ0) is 20.3. The zero-order valence-electron chi connectivity index (χ0n) is 15.4. The number of imide groups is 1. The van der Waals surface area contributed by atoms with E-state index in [4.69, 9.17) is 4.74 Å². The lowest BCUT2D eigenvalue weighted by molar-refractivity contribution is -0.138. The van der Waals surface area contributed by atoms with Crippen LogP contribution in [0.5, 0.6) is 5.75 Å². The number of likely N-dealkylation sites (N-methyl/N-ethyl adjacent to an activating group) is 1. The first-order valence-corrected chi connectivity index (χ1v) is 8.53. The summed E-state index contributed by atoms with van der Waals surface area (Å²) in [6.07, 6.45) is 1.64. The van der Waals surface area contributed by atoms with Gasteiger partial charge >= 0.3 is 0 Å². The number of ether oxygens (including phenoxy) is 1. The van der Waals surface area contributed by atoms with Crippen LogP contribution in [0.25, 0.3) is 6.08 Å². The number of benzene rings is 2. The van der Waals surface area contributed by atoms with Crippen molar-refractivity contribution in [1.29, 1.82) is 5.26 Å². The minimum atomic E-state index is -0.591. The van der Waals surface area contributed by atoms with Crippen LogP contribution < -0.4 is 4.74 Å². The number of rotatable bonds is 4.